The van der Waals surface area contributed by atoms with Gasteiger partial charge in [-0.3, -0.25) is 9.36 Å². The molecule has 0 unspecified atom stereocenters. The van der Waals surface area contributed by atoms with Crippen LogP contribution in [0, 0.1) is 0 Å². The highest BCUT2D eigenvalue weighted by atomic mass is 31.2. The molecule has 0 N–H and O–H groups in total. The summed E-state index contributed by atoms with van der Waals surface area (Å²) in [7, 11) is -2.99. The Hall–Kier alpha value is -1.37. The average Bonchev–Trinajstić information content (AvgIpc) is 2.47. The van der Waals surface area contributed by atoms with E-state index in [0.29, 0.717) is 0 Å². The largest absolute Gasteiger partial charge is 0.468 e. The molecule has 1 aromatic carbocycles. The van der Waals surface area contributed by atoms with Crippen LogP contribution in [-0.4, -0.2) is 26.3 Å². The van der Waals surface area contributed by atoms with Gasteiger partial charge in [0.15, 0.2) is 5.66 Å². The summed E-state index contributed by atoms with van der Waals surface area (Å²) in [6.45, 7) is 2.99. The van der Waals surface area contributed by atoms with Gasteiger partial charge in [0.25, 0.3) is 0 Å². The minimum atomic E-state index is -4.60. The minimum absolute atomic E-state index is 0.0380. The zero-order valence-corrected chi connectivity index (χ0v) is 13.8. The number of carbonyl (C=O) groups is 1. The summed E-state index contributed by atoms with van der Waals surface area (Å²) in [5.74, 6) is -0.991. The highest BCUT2D eigenvalue weighted by Crippen LogP contribution is 2.61. The Morgan fingerprint density at radius 2 is 1.78 bits per heavy atom. The molecule has 1 atom stereocenters. The third-order valence-corrected chi connectivity index (χ3v) is 5.27. The second-order valence-corrected chi connectivity index (χ2v) is 6.54. The molecule has 23 heavy (non-hydrogen) atoms. The van der Waals surface area contributed by atoms with Crippen molar-refractivity contribution in [3.63, 3.8) is 0 Å². The summed E-state index contributed by atoms with van der Waals surface area (Å²) in [5.41, 5.74) is -2.70. The molecule has 0 aliphatic carbocycles. The van der Waals surface area contributed by atoms with Crippen molar-refractivity contribution in [3.8, 4) is 0 Å². The minimum Gasteiger partial charge on any atom is -0.468 e. The van der Waals surface area contributed by atoms with Gasteiger partial charge in [-0.1, -0.05) is 18.2 Å². The molecule has 9 heteroatoms. The second kappa shape index (κ2) is 7.95. The number of rotatable bonds is 7. The second-order valence-electron chi connectivity index (χ2n) is 4.42. The molecule has 0 aromatic heterocycles. The molecule has 0 bridgehead atoms. The SMILES string of the molecule is CCOP(=O)(OCC)[C@H](C(=O)OC)c1cccc(C(F)(F)F)c1. The van der Waals surface area contributed by atoms with Crippen LogP contribution in [-0.2, 0) is 29.3 Å². The van der Waals surface area contributed by atoms with Crippen LogP contribution in [0.1, 0.15) is 30.6 Å². The van der Waals surface area contributed by atoms with Gasteiger partial charge in [0.05, 0.1) is 25.9 Å². The van der Waals surface area contributed by atoms with Crippen LogP contribution in [0.15, 0.2) is 24.3 Å². The van der Waals surface area contributed by atoms with Gasteiger partial charge in [-0.05, 0) is 25.5 Å². The number of hydrogen-bond donors (Lipinski definition) is 0. The number of halogens is 3. The number of benzene rings is 1. The van der Waals surface area contributed by atoms with Crippen LogP contribution in [0.4, 0.5) is 13.2 Å². The predicted octanol–water partition coefficient (Wildman–Crippen LogP) is 4.19. The molecule has 1 aromatic rings. The summed E-state index contributed by atoms with van der Waals surface area (Å²) >= 11 is 0. The lowest BCUT2D eigenvalue weighted by Gasteiger charge is -2.25. The zero-order chi connectivity index (χ0) is 17.7. The molecule has 0 radical (unpaired) electrons. The molecule has 0 spiro atoms. The van der Waals surface area contributed by atoms with Gasteiger partial charge in [0, 0.05) is 0 Å². The highest BCUT2D eigenvalue weighted by Gasteiger charge is 2.44. The molecule has 0 saturated carbocycles. The number of alkyl halides is 3. The average molecular weight is 354 g/mol. The Kier molecular flexibility index (Phi) is 6.80. The Balaban J connectivity index is 3.43. The zero-order valence-electron chi connectivity index (χ0n) is 12.9. The number of carbonyl (C=O) groups excluding carboxylic acids is 1. The first-order valence-electron chi connectivity index (χ1n) is 6.83. The fourth-order valence-electron chi connectivity index (χ4n) is 1.99. The molecule has 5 nitrogen and oxygen atoms in total. The first-order chi connectivity index (χ1) is 10.7. The Morgan fingerprint density at radius 1 is 1.22 bits per heavy atom. The Morgan fingerprint density at radius 3 is 2.22 bits per heavy atom. The molecule has 0 amide bonds. The van der Waals surface area contributed by atoms with Gasteiger partial charge in [0.2, 0.25) is 0 Å². The highest BCUT2D eigenvalue weighted by molar-refractivity contribution is 7.55. The van der Waals surface area contributed by atoms with Crippen molar-refractivity contribution in [1.82, 2.24) is 0 Å². The molecule has 0 saturated heterocycles. The van der Waals surface area contributed by atoms with E-state index in [1.165, 1.54) is 19.9 Å². The fraction of sp³-hybridized carbons (Fsp3) is 0.500. The lowest BCUT2D eigenvalue weighted by atomic mass is 10.1. The van der Waals surface area contributed by atoms with E-state index < -0.39 is 31.0 Å². The third-order valence-electron chi connectivity index (χ3n) is 2.89. The number of methoxy groups -OCH3 is 1. The standard InChI is InChI=1S/C14H18F3O5P/c1-4-21-23(19,22-5-2)12(13(18)20-3)10-7-6-8-11(9-10)14(15,16)17/h6-9,12H,4-5H2,1-3H3/t12-/m0/s1. The predicted molar refractivity (Wildman–Crippen MR) is 77.1 cm³/mol. The maximum absolute atomic E-state index is 12.9. The van der Waals surface area contributed by atoms with Crippen molar-refractivity contribution in [2.75, 3.05) is 20.3 Å². The molecule has 1 rings (SSSR count). The molecule has 0 fully saturated rings. The van der Waals surface area contributed by atoms with Crippen LogP contribution in [0.5, 0.6) is 0 Å². The van der Waals surface area contributed by atoms with E-state index in [9.17, 15) is 22.5 Å². The fourth-order valence-corrected chi connectivity index (χ4v) is 3.97. The molecule has 0 heterocycles. The van der Waals surface area contributed by atoms with E-state index in [2.05, 4.69) is 4.74 Å². The normalized spacial score (nSPS) is 13.7. The molecule has 0 aliphatic rings. The topological polar surface area (TPSA) is 61.8 Å². The van der Waals surface area contributed by atoms with Gasteiger partial charge in [-0.2, -0.15) is 13.2 Å². The maximum Gasteiger partial charge on any atom is 0.416 e. The van der Waals surface area contributed by atoms with Gasteiger partial charge in [-0.25, -0.2) is 0 Å². The molecule has 130 valence electrons. The Labute approximate surface area is 132 Å². The van der Waals surface area contributed by atoms with Crippen molar-refractivity contribution in [3.05, 3.63) is 35.4 Å². The van der Waals surface area contributed by atoms with Crippen LogP contribution < -0.4 is 0 Å². The van der Waals surface area contributed by atoms with Crippen molar-refractivity contribution < 1.29 is 36.3 Å². The number of esters is 1. The van der Waals surface area contributed by atoms with Crippen molar-refractivity contribution in [2.24, 2.45) is 0 Å². The molecule has 0 aliphatic heterocycles. The number of hydrogen-bond acceptors (Lipinski definition) is 5. The van der Waals surface area contributed by atoms with Crippen molar-refractivity contribution in [2.45, 2.75) is 25.7 Å². The first kappa shape index (κ1) is 19.7. The van der Waals surface area contributed by atoms with Gasteiger partial charge < -0.3 is 13.8 Å². The smallest absolute Gasteiger partial charge is 0.416 e. The number of ether oxygens (including phenoxy) is 1. The monoisotopic (exact) mass is 354 g/mol. The third kappa shape index (κ3) is 4.80. The summed E-state index contributed by atoms with van der Waals surface area (Å²) in [4.78, 5) is 12.0. The van der Waals surface area contributed by atoms with Gasteiger partial charge in [-0.15, -0.1) is 0 Å². The summed E-state index contributed by atoms with van der Waals surface area (Å²) in [6, 6.07) is 3.97. The van der Waals surface area contributed by atoms with Gasteiger partial charge >= 0.3 is 19.7 Å². The van der Waals surface area contributed by atoms with Crippen LogP contribution >= 0.6 is 7.60 Å². The van der Waals surface area contributed by atoms with E-state index in [1.54, 1.807) is 0 Å². The summed E-state index contributed by atoms with van der Waals surface area (Å²) < 4.78 is 66.2. The van der Waals surface area contributed by atoms with Crippen LogP contribution in [0.3, 0.4) is 0 Å². The van der Waals surface area contributed by atoms with Crippen LogP contribution in [0.2, 0.25) is 0 Å². The van der Waals surface area contributed by atoms with Gasteiger partial charge in [0.1, 0.15) is 0 Å². The lowest BCUT2D eigenvalue weighted by Crippen LogP contribution is -2.18. The van der Waals surface area contributed by atoms with E-state index >= 15 is 0 Å². The first-order valence-corrected chi connectivity index (χ1v) is 8.44. The van der Waals surface area contributed by atoms with E-state index in [1.807, 2.05) is 0 Å². The Bertz CT molecular complexity index is 578. The van der Waals surface area contributed by atoms with E-state index in [0.717, 1.165) is 25.3 Å². The molecular weight excluding hydrogens is 336 g/mol. The van der Waals surface area contributed by atoms with Crippen LogP contribution in [0.25, 0.3) is 0 Å². The molecular formula is C14H18F3O5P. The van der Waals surface area contributed by atoms with Crippen molar-refractivity contribution in [1.29, 1.82) is 0 Å². The summed E-state index contributed by atoms with van der Waals surface area (Å²) in [5, 5.41) is 0. The summed E-state index contributed by atoms with van der Waals surface area (Å²) in [6.07, 6.45) is -4.60. The maximum atomic E-state index is 12.9. The van der Waals surface area contributed by atoms with Crippen molar-refractivity contribution >= 4 is 13.6 Å². The quantitative estimate of drug-likeness (QED) is 0.543. The lowest BCUT2D eigenvalue weighted by molar-refractivity contribution is -0.141. The van der Waals surface area contributed by atoms with E-state index in [4.69, 9.17) is 9.05 Å². The van der Waals surface area contributed by atoms with E-state index in [-0.39, 0.29) is 18.8 Å².